The molecule has 0 spiro atoms. The average molecular weight is 443 g/mol. The molecule has 0 unspecified atom stereocenters. The lowest BCUT2D eigenvalue weighted by atomic mass is 10.0. The molecule has 3 aromatic carbocycles. The van der Waals surface area contributed by atoms with Crippen LogP contribution in [0.25, 0.3) is 5.57 Å². The van der Waals surface area contributed by atoms with Gasteiger partial charge in [-0.05, 0) is 49.2 Å². The van der Waals surface area contributed by atoms with Crippen molar-refractivity contribution in [2.45, 2.75) is 20.3 Å². The van der Waals surface area contributed by atoms with Crippen molar-refractivity contribution in [1.82, 2.24) is 0 Å². The average Bonchev–Trinajstić information content (AvgIpc) is 3.08. The molecule has 6 heteroatoms. The van der Waals surface area contributed by atoms with Gasteiger partial charge in [0.05, 0.1) is 25.0 Å². The zero-order chi connectivity index (χ0) is 23.4. The first kappa shape index (κ1) is 22.1. The van der Waals surface area contributed by atoms with Crippen LogP contribution in [-0.4, -0.2) is 25.5 Å². The fraction of sp³-hybridized carbons (Fsp3) is 0.185. The van der Waals surface area contributed by atoms with Gasteiger partial charge in [-0.2, -0.15) is 0 Å². The van der Waals surface area contributed by atoms with E-state index >= 15 is 0 Å². The highest BCUT2D eigenvalue weighted by molar-refractivity contribution is 6.46. The number of carbonyl (C=O) groups is 2. The maximum atomic E-state index is 13.6. The van der Waals surface area contributed by atoms with Crippen molar-refractivity contribution in [3.63, 3.8) is 0 Å². The molecule has 0 saturated carbocycles. The van der Waals surface area contributed by atoms with Crippen molar-refractivity contribution in [1.29, 1.82) is 0 Å². The number of nitrogens with one attached hydrogen (secondary N) is 1. The van der Waals surface area contributed by atoms with Gasteiger partial charge in [0.15, 0.2) is 0 Å². The van der Waals surface area contributed by atoms with Gasteiger partial charge >= 0.3 is 0 Å². The SMILES string of the molecule is CCOc1cccc(NC2=C(c3ccccc3OC)C(=O)N(c3ccc(CC)cc3)C2=O)c1. The second-order valence-corrected chi connectivity index (χ2v) is 7.50. The number of aryl methyl sites for hydroxylation is 1. The number of carbonyl (C=O) groups excluding carboxylic acids is 2. The largest absolute Gasteiger partial charge is 0.496 e. The summed E-state index contributed by atoms with van der Waals surface area (Å²) in [6.45, 7) is 4.49. The first-order chi connectivity index (χ1) is 16.1. The highest BCUT2D eigenvalue weighted by Crippen LogP contribution is 2.37. The van der Waals surface area contributed by atoms with Gasteiger partial charge < -0.3 is 14.8 Å². The maximum absolute atomic E-state index is 13.6. The minimum Gasteiger partial charge on any atom is -0.496 e. The number of rotatable bonds is 8. The molecule has 1 N–H and O–H groups in total. The highest BCUT2D eigenvalue weighted by atomic mass is 16.5. The second kappa shape index (κ2) is 9.61. The minimum atomic E-state index is -0.424. The molecule has 4 rings (SSSR count). The van der Waals surface area contributed by atoms with E-state index in [-0.39, 0.29) is 11.3 Å². The van der Waals surface area contributed by atoms with Crippen molar-refractivity contribution in [3.05, 3.63) is 89.6 Å². The van der Waals surface area contributed by atoms with Crippen LogP contribution in [0.2, 0.25) is 0 Å². The van der Waals surface area contributed by atoms with E-state index < -0.39 is 11.8 Å². The number of nitrogens with zero attached hydrogens (tertiary/aromatic N) is 1. The summed E-state index contributed by atoms with van der Waals surface area (Å²) < 4.78 is 11.1. The fourth-order valence-electron chi connectivity index (χ4n) is 3.84. The lowest BCUT2D eigenvalue weighted by Crippen LogP contribution is -2.32. The second-order valence-electron chi connectivity index (χ2n) is 7.50. The third-order valence-electron chi connectivity index (χ3n) is 5.48. The zero-order valence-electron chi connectivity index (χ0n) is 18.9. The summed E-state index contributed by atoms with van der Waals surface area (Å²) in [5.74, 6) is 0.356. The van der Waals surface area contributed by atoms with Crippen molar-refractivity contribution < 1.29 is 19.1 Å². The smallest absolute Gasteiger partial charge is 0.282 e. The number of anilines is 2. The third kappa shape index (κ3) is 4.32. The molecule has 0 aromatic heterocycles. The number of para-hydroxylation sites is 1. The normalized spacial score (nSPS) is 13.5. The predicted octanol–water partition coefficient (Wildman–Crippen LogP) is 5.05. The van der Waals surface area contributed by atoms with E-state index in [4.69, 9.17) is 9.47 Å². The molecule has 0 bridgehead atoms. The molecule has 168 valence electrons. The summed E-state index contributed by atoms with van der Waals surface area (Å²) in [5, 5.41) is 3.17. The Morgan fingerprint density at radius 3 is 2.33 bits per heavy atom. The summed E-state index contributed by atoms with van der Waals surface area (Å²) >= 11 is 0. The summed E-state index contributed by atoms with van der Waals surface area (Å²) in [7, 11) is 1.54. The van der Waals surface area contributed by atoms with Gasteiger partial charge in [0.2, 0.25) is 0 Å². The number of hydrogen-bond donors (Lipinski definition) is 1. The van der Waals surface area contributed by atoms with Crippen LogP contribution in [-0.2, 0) is 16.0 Å². The first-order valence-electron chi connectivity index (χ1n) is 10.9. The van der Waals surface area contributed by atoms with E-state index in [0.717, 1.165) is 12.0 Å². The van der Waals surface area contributed by atoms with Gasteiger partial charge in [-0.15, -0.1) is 0 Å². The Morgan fingerprint density at radius 2 is 1.64 bits per heavy atom. The number of amides is 2. The molecule has 0 atom stereocenters. The van der Waals surface area contributed by atoms with Crippen LogP contribution < -0.4 is 19.7 Å². The molecule has 0 radical (unpaired) electrons. The number of imide groups is 1. The van der Waals surface area contributed by atoms with Crippen LogP contribution >= 0.6 is 0 Å². The Balaban J connectivity index is 1.81. The summed E-state index contributed by atoms with van der Waals surface area (Å²) in [6, 6.07) is 21.9. The van der Waals surface area contributed by atoms with Crippen LogP contribution in [0, 0.1) is 0 Å². The lowest BCUT2D eigenvalue weighted by molar-refractivity contribution is -0.120. The minimum absolute atomic E-state index is 0.192. The van der Waals surface area contributed by atoms with E-state index in [0.29, 0.717) is 35.0 Å². The topological polar surface area (TPSA) is 67.9 Å². The van der Waals surface area contributed by atoms with Crippen LogP contribution in [0.1, 0.15) is 25.0 Å². The molecule has 0 fully saturated rings. The van der Waals surface area contributed by atoms with Gasteiger partial charge in [-0.25, -0.2) is 4.90 Å². The van der Waals surface area contributed by atoms with Crippen molar-refractivity contribution in [2.75, 3.05) is 23.9 Å². The van der Waals surface area contributed by atoms with Crippen molar-refractivity contribution in [2.24, 2.45) is 0 Å². The van der Waals surface area contributed by atoms with Crippen molar-refractivity contribution in [3.8, 4) is 11.5 Å². The highest BCUT2D eigenvalue weighted by Gasteiger charge is 2.41. The van der Waals surface area contributed by atoms with E-state index in [1.807, 2.05) is 49.4 Å². The molecule has 2 amide bonds. The summed E-state index contributed by atoms with van der Waals surface area (Å²) in [6.07, 6.45) is 0.871. The maximum Gasteiger partial charge on any atom is 0.282 e. The van der Waals surface area contributed by atoms with Gasteiger partial charge in [0.25, 0.3) is 11.8 Å². The van der Waals surface area contributed by atoms with Crippen LogP contribution in [0.5, 0.6) is 11.5 Å². The van der Waals surface area contributed by atoms with Crippen molar-refractivity contribution >= 4 is 28.8 Å². The number of hydrogen-bond acceptors (Lipinski definition) is 5. The van der Waals surface area contributed by atoms with Crippen LogP contribution in [0.15, 0.2) is 78.5 Å². The Kier molecular flexibility index (Phi) is 6.45. The van der Waals surface area contributed by atoms with Gasteiger partial charge in [-0.3, -0.25) is 9.59 Å². The Morgan fingerprint density at radius 1 is 0.879 bits per heavy atom. The van der Waals surface area contributed by atoms with E-state index in [2.05, 4.69) is 12.2 Å². The van der Waals surface area contributed by atoms with E-state index in [1.165, 1.54) is 4.90 Å². The lowest BCUT2D eigenvalue weighted by Gasteiger charge is -2.16. The predicted molar refractivity (Wildman–Crippen MR) is 129 cm³/mol. The molecule has 3 aromatic rings. The van der Waals surface area contributed by atoms with Crippen LogP contribution in [0.3, 0.4) is 0 Å². The zero-order valence-corrected chi connectivity index (χ0v) is 18.9. The fourth-order valence-corrected chi connectivity index (χ4v) is 3.84. The molecule has 1 aliphatic heterocycles. The molecule has 1 heterocycles. The molecule has 6 nitrogen and oxygen atoms in total. The van der Waals surface area contributed by atoms with E-state index in [9.17, 15) is 9.59 Å². The molecule has 33 heavy (non-hydrogen) atoms. The third-order valence-corrected chi connectivity index (χ3v) is 5.48. The van der Waals surface area contributed by atoms with Gasteiger partial charge in [-0.1, -0.05) is 43.3 Å². The van der Waals surface area contributed by atoms with Gasteiger partial charge in [0, 0.05) is 17.3 Å². The number of methoxy groups -OCH3 is 1. The van der Waals surface area contributed by atoms with E-state index in [1.54, 1.807) is 37.4 Å². The standard InChI is InChI=1S/C27H26N2O4/c1-4-18-13-15-20(16-14-18)29-26(30)24(22-11-6-7-12-23(22)32-3)25(27(29)31)28-19-9-8-10-21(17-19)33-5-2/h6-17,28H,4-5H2,1-3H3. The monoisotopic (exact) mass is 442 g/mol. The van der Waals surface area contributed by atoms with Crippen LogP contribution in [0.4, 0.5) is 11.4 Å². The Bertz CT molecular complexity index is 1210. The molecule has 1 aliphatic rings. The molecular formula is C27H26N2O4. The summed E-state index contributed by atoms with van der Waals surface area (Å²) in [5.41, 5.74) is 3.30. The Hall–Kier alpha value is -4.06. The van der Waals surface area contributed by atoms with Gasteiger partial charge in [0.1, 0.15) is 17.2 Å². The summed E-state index contributed by atoms with van der Waals surface area (Å²) in [4.78, 5) is 28.4. The number of benzene rings is 3. The Labute approximate surface area is 193 Å². The first-order valence-corrected chi connectivity index (χ1v) is 10.9. The quantitative estimate of drug-likeness (QED) is 0.494. The molecule has 0 aliphatic carbocycles. The molecule has 0 saturated heterocycles. The molecular weight excluding hydrogens is 416 g/mol. The number of ether oxygens (including phenoxy) is 2.